The predicted molar refractivity (Wildman–Crippen MR) is 111 cm³/mol. The summed E-state index contributed by atoms with van der Waals surface area (Å²) >= 11 is 4.24. The van der Waals surface area contributed by atoms with Crippen molar-refractivity contribution in [2.75, 3.05) is 0 Å². The maximum absolute atomic E-state index is 4.24. The Morgan fingerprint density at radius 2 is 0.600 bits per heavy atom. The average Bonchev–Trinajstić information content (AvgIpc) is 2.71. The van der Waals surface area contributed by atoms with Gasteiger partial charge in [0.05, 0.1) is 0 Å². The van der Waals surface area contributed by atoms with Crippen LogP contribution in [0.2, 0.25) is 0 Å². The summed E-state index contributed by atoms with van der Waals surface area (Å²) in [7, 11) is 0. The van der Waals surface area contributed by atoms with Crippen molar-refractivity contribution < 1.29 is 0 Å². The smallest absolute Gasteiger partial charge is 0.00404 e. The van der Waals surface area contributed by atoms with Crippen molar-refractivity contribution in [2.24, 2.45) is 0 Å². The number of rotatable bonds is 2. The molecule has 122 valence electrons. The zero-order valence-corrected chi connectivity index (χ0v) is 14.8. The van der Waals surface area contributed by atoms with Crippen LogP contribution >= 0.6 is 12.6 Å². The van der Waals surface area contributed by atoms with E-state index in [0.717, 1.165) is 4.90 Å². The first-order chi connectivity index (χ1) is 12.3. The van der Waals surface area contributed by atoms with Gasteiger partial charge in [-0.2, -0.15) is 0 Å². The molecule has 0 unspecified atom stereocenters. The lowest BCUT2D eigenvalue weighted by atomic mass is 10.1. The molecule has 0 spiro atoms. The molecule has 0 heterocycles. The van der Waals surface area contributed by atoms with Crippen LogP contribution in [0.15, 0.2) is 120 Å². The van der Waals surface area contributed by atoms with Gasteiger partial charge < -0.3 is 0 Å². The second-order valence-corrected chi connectivity index (χ2v) is 6.16. The molecule has 0 saturated carbocycles. The molecule has 0 N–H and O–H groups in total. The Morgan fingerprint density at radius 3 is 0.920 bits per heavy atom. The van der Waals surface area contributed by atoms with Gasteiger partial charge in [-0.3, -0.25) is 0 Å². The fourth-order valence-corrected chi connectivity index (χ4v) is 2.69. The highest BCUT2D eigenvalue weighted by Gasteiger charge is 1.94. The van der Waals surface area contributed by atoms with Gasteiger partial charge in [0.2, 0.25) is 0 Å². The van der Waals surface area contributed by atoms with E-state index in [1.807, 2.05) is 42.5 Å². The van der Waals surface area contributed by atoms with Crippen LogP contribution in [0.3, 0.4) is 0 Å². The van der Waals surface area contributed by atoms with Crippen molar-refractivity contribution in [1.82, 2.24) is 0 Å². The van der Waals surface area contributed by atoms with Crippen LogP contribution in [0.4, 0.5) is 0 Å². The molecule has 0 aliphatic rings. The third-order valence-electron chi connectivity index (χ3n) is 3.86. The first kappa shape index (κ1) is 17.1. The molecule has 0 atom stereocenters. The van der Waals surface area contributed by atoms with E-state index >= 15 is 0 Å². The molecular formula is C24H20S. The Labute approximate surface area is 155 Å². The van der Waals surface area contributed by atoms with Crippen LogP contribution in [0.1, 0.15) is 0 Å². The minimum absolute atomic E-state index is 1.000. The highest BCUT2D eigenvalue weighted by atomic mass is 32.1. The summed E-state index contributed by atoms with van der Waals surface area (Å²) in [5.41, 5.74) is 5.03. The van der Waals surface area contributed by atoms with Gasteiger partial charge in [-0.05, 0) is 34.4 Å². The molecule has 0 nitrogen and oxygen atoms in total. The molecule has 0 saturated heterocycles. The van der Waals surface area contributed by atoms with Crippen molar-refractivity contribution in [3.05, 3.63) is 115 Å². The summed E-state index contributed by atoms with van der Waals surface area (Å²) < 4.78 is 0. The standard InChI is InChI=1S/C12H10S.C12H10/c13-12-8-6-11(7-9-12)10-4-2-1-3-5-10;1-3-7-11(8-4-1)12-9-5-2-6-10-12/h1-9,13H;1-10H. The molecule has 4 aromatic rings. The van der Waals surface area contributed by atoms with Crippen LogP contribution in [-0.4, -0.2) is 0 Å². The van der Waals surface area contributed by atoms with E-state index in [1.165, 1.54) is 22.3 Å². The second-order valence-electron chi connectivity index (χ2n) is 5.64. The summed E-state index contributed by atoms with van der Waals surface area (Å²) in [6.07, 6.45) is 0. The lowest BCUT2D eigenvalue weighted by Gasteiger charge is -2.00. The number of hydrogen-bond acceptors (Lipinski definition) is 1. The monoisotopic (exact) mass is 340 g/mol. The SMILES string of the molecule is Sc1ccc(-c2ccccc2)cc1.c1ccc(-c2ccccc2)cc1. The maximum Gasteiger partial charge on any atom is 0.00404 e. The number of benzene rings is 4. The lowest BCUT2D eigenvalue weighted by molar-refractivity contribution is 1.47. The summed E-state index contributed by atoms with van der Waals surface area (Å²) in [5.74, 6) is 0. The van der Waals surface area contributed by atoms with E-state index in [2.05, 4.69) is 85.4 Å². The van der Waals surface area contributed by atoms with Gasteiger partial charge in [0.25, 0.3) is 0 Å². The predicted octanol–water partition coefficient (Wildman–Crippen LogP) is 7.00. The summed E-state index contributed by atoms with van der Waals surface area (Å²) in [6, 6.07) is 39.3. The number of thiol groups is 1. The summed E-state index contributed by atoms with van der Waals surface area (Å²) in [4.78, 5) is 1.000. The Morgan fingerprint density at radius 1 is 0.320 bits per heavy atom. The van der Waals surface area contributed by atoms with Gasteiger partial charge >= 0.3 is 0 Å². The average molecular weight is 340 g/mol. The van der Waals surface area contributed by atoms with Gasteiger partial charge in [0.15, 0.2) is 0 Å². The second kappa shape index (κ2) is 8.91. The molecular weight excluding hydrogens is 320 g/mol. The van der Waals surface area contributed by atoms with Gasteiger partial charge in [0, 0.05) is 4.90 Å². The molecule has 4 rings (SSSR count). The first-order valence-corrected chi connectivity index (χ1v) is 8.72. The Bertz CT molecular complexity index is 830. The molecule has 0 amide bonds. The molecule has 0 bridgehead atoms. The van der Waals surface area contributed by atoms with Crippen molar-refractivity contribution in [2.45, 2.75) is 4.90 Å². The first-order valence-electron chi connectivity index (χ1n) is 8.28. The quantitative estimate of drug-likeness (QED) is 0.373. The van der Waals surface area contributed by atoms with Crippen molar-refractivity contribution >= 4 is 12.6 Å². The van der Waals surface area contributed by atoms with Gasteiger partial charge in [0.1, 0.15) is 0 Å². The van der Waals surface area contributed by atoms with Crippen LogP contribution in [0.5, 0.6) is 0 Å². The fraction of sp³-hybridized carbons (Fsp3) is 0. The molecule has 4 aromatic carbocycles. The Balaban J connectivity index is 0.000000146. The summed E-state index contributed by atoms with van der Waals surface area (Å²) in [5, 5.41) is 0. The minimum Gasteiger partial charge on any atom is -0.143 e. The third kappa shape index (κ3) is 5.10. The third-order valence-corrected chi connectivity index (χ3v) is 4.15. The zero-order valence-electron chi connectivity index (χ0n) is 13.9. The number of hydrogen-bond donors (Lipinski definition) is 1. The van der Waals surface area contributed by atoms with E-state index in [1.54, 1.807) is 0 Å². The van der Waals surface area contributed by atoms with Crippen molar-refractivity contribution in [3.63, 3.8) is 0 Å². The highest BCUT2D eigenvalue weighted by molar-refractivity contribution is 7.80. The molecule has 0 aromatic heterocycles. The van der Waals surface area contributed by atoms with Crippen molar-refractivity contribution in [1.29, 1.82) is 0 Å². The van der Waals surface area contributed by atoms with Crippen molar-refractivity contribution in [3.8, 4) is 22.3 Å². The Hall–Kier alpha value is -2.77. The van der Waals surface area contributed by atoms with Crippen LogP contribution in [0, 0.1) is 0 Å². The topological polar surface area (TPSA) is 0 Å². The Kier molecular flexibility index (Phi) is 6.08. The van der Waals surface area contributed by atoms with Crippen LogP contribution < -0.4 is 0 Å². The largest absolute Gasteiger partial charge is 0.143 e. The summed E-state index contributed by atoms with van der Waals surface area (Å²) in [6.45, 7) is 0. The molecule has 0 fully saturated rings. The van der Waals surface area contributed by atoms with E-state index in [0.29, 0.717) is 0 Å². The normalized spacial score (nSPS) is 9.80. The fourth-order valence-electron chi connectivity index (χ4n) is 2.55. The molecule has 0 radical (unpaired) electrons. The van der Waals surface area contributed by atoms with Gasteiger partial charge in [-0.25, -0.2) is 0 Å². The molecule has 25 heavy (non-hydrogen) atoms. The van der Waals surface area contributed by atoms with E-state index in [4.69, 9.17) is 0 Å². The maximum atomic E-state index is 4.24. The van der Waals surface area contributed by atoms with Crippen LogP contribution in [-0.2, 0) is 0 Å². The van der Waals surface area contributed by atoms with E-state index in [-0.39, 0.29) is 0 Å². The van der Waals surface area contributed by atoms with E-state index in [9.17, 15) is 0 Å². The molecule has 1 heteroatoms. The van der Waals surface area contributed by atoms with Crippen LogP contribution in [0.25, 0.3) is 22.3 Å². The van der Waals surface area contributed by atoms with Gasteiger partial charge in [-0.15, -0.1) is 12.6 Å². The minimum atomic E-state index is 1.000. The van der Waals surface area contributed by atoms with Gasteiger partial charge in [-0.1, -0.05) is 103 Å². The highest BCUT2D eigenvalue weighted by Crippen LogP contribution is 2.20. The van der Waals surface area contributed by atoms with E-state index < -0.39 is 0 Å². The molecule has 0 aliphatic carbocycles. The lowest BCUT2D eigenvalue weighted by Crippen LogP contribution is -1.75. The zero-order chi connectivity index (χ0) is 17.3. The molecule has 0 aliphatic heterocycles.